The lowest BCUT2D eigenvalue weighted by Crippen LogP contribution is -2.71. The van der Waals surface area contributed by atoms with Crippen molar-refractivity contribution in [1.82, 2.24) is 10.2 Å². The molecule has 0 radical (unpaired) electrons. The Labute approximate surface area is 174 Å². The van der Waals surface area contributed by atoms with Crippen LogP contribution in [0.25, 0.3) is 0 Å². The molecule has 2 heterocycles. The number of aliphatic carboxylic acids is 1. The van der Waals surface area contributed by atoms with E-state index in [1.165, 1.54) is 30.8 Å². The molecule has 10 nitrogen and oxygen atoms in total. The van der Waals surface area contributed by atoms with Crippen molar-refractivity contribution < 1.29 is 38.9 Å². The van der Waals surface area contributed by atoms with Gasteiger partial charge in [-0.05, 0) is 0 Å². The first kappa shape index (κ1) is 21.5. The van der Waals surface area contributed by atoms with Crippen molar-refractivity contribution >= 4 is 41.8 Å². The number of amides is 2. The van der Waals surface area contributed by atoms with E-state index in [0.717, 1.165) is 4.90 Å². The van der Waals surface area contributed by atoms with Crippen LogP contribution in [0.15, 0.2) is 35.5 Å². The van der Waals surface area contributed by atoms with Crippen molar-refractivity contribution in [3.8, 4) is 0 Å². The molecular formula is C19H18N2O8S. The van der Waals surface area contributed by atoms with E-state index in [-0.39, 0.29) is 34.8 Å². The number of benzene rings is 1. The molecule has 0 saturated carbocycles. The average molecular weight is 434 g/mol. The molecule has 3 atom stereocenters. The van der Waals surface area contributed by atoms with Crippen molar-refractivity contribution in [3.63, 3.8) is 0 Å². The second kappa shape index (κ2) is 8.67. The van der Waals surface area contributed by atoms with Gasteiger partial charge in [0.05, 0.1) is 0 Å². The Balaban J connectivity index is 1.75. The number of aliphatic hydroxyl groups is 1. The summed E-state index contributed by atoms with van der Waals surface area (Å²) < 4.78 is 4.86. The lowest BCUT2D eigenvalue weighted by Gasteiger charge is -2.49. The summed E-state index contributed by atoms with van der Waals surface area (Å²) in [4.78, 5) is 59.9. The second-order valence-corrected chi connectivity index (χ2v) is 7.69. The topological polar surface area (TPSA) is 150 Å². The number of thioether (sulfide) groups is 1. The molecule has 158 valence electrons. The molecule has 1 aromatic rings. The fourth-order valence-electron chi connectivity index (χ4n) is 3.22. The first-order chi connectivity index (χ1) is 14.3. The van der Waals surface area contributed by atoms with Crippen LogP contribution < -0.4 is 5.32 Å². The maximum atomic E-state index is 12.6. The third-order valence-electron chi connectivity index (χ3n) is 4.66. The third-order valence-corrected chi connectivity index (χ3v) is 6.00. The largest absolute Gasteiger partial charge is 0.477 e. The smallest absolute Gasteiger partial charge is 0.352 e. The zero-order valence-corrected chi connectivity index (χ0v) is 16.5. The van der Waals surface area contributed by atoms with E-state index in [9.17, 15) is 34.2 Å². The fraction of sp³-hybridized carbons (Fsp3) is 0.316. The number of carboxylic acids is 1. The van der Waals surface area contributed by atoms with Gasteiger partial charge in [0.2, 0.25) is 0 Å². The Morgan fingerprint density at radius 2 is 2.07 bits per heavy atom. The maximum absolute atomic E-state index is 12.6. The van der Waals surface area contributed by atoms with Gasteiger partial charge >= 0.3 is 11.9 Å². The predicted molar refractivity (Wildman–Crippen MR) is 103 cm³/mol. The highest BCUT2D eigenvalue weighted by molar-refractivity contribution is 8.00. The zero-order chi connectivity index (χ0) is 22.0. The predicted octanol–water partition coefficient (Wildman–Crippen LogP) is -0.166. The quantitative estimate of drug-likeness (QED) is 0.302. The molecule has 2 amide bonds. The first-order valence-electron chi connectivity index (χ1n) is 8.82. The molecule has 2 aliphatic heterocycles. The lowest BCUT2D eigenvalue weighted by atomic mass is 10.00. The first-order valence-corrected chi connectivity index (χ1v) is 9.87. The monoisotopic (exact) mass is 434 g/mol. The van der Waals surface area contributed by atoms with Crippen LogP contribution in [0.2, 0.25) is 0 Å². The zero-order valence-electron chi connectivity index (χ0n) is 15.7. The number of nitrogens with one attached hydrogen (secondary N) is 1. The molecule has 0 aromatic heterocycles. The molecule has 30 heavy (non-hydrogen) atoms. The van der Waals surface area contributed by atoms with E-state index in [2.05, 4.69) is 5.32 Å². The molecule has 1 aromatic carbocycles. The van der Waals surface area contributed by atoms with Gasteiger partial charge in [-0.2, -0.15) is 0 Å². The number of carbonyl (C=O) groups excluding carboxylic acids is 4. The van der Waals surface area contributed by atoms with Crippen LogP contribution in [-0.4, -0.2) is 68.9 Å². The lowest BCUT2D eigenvalue weighted by molar-refractivity contribution is -0.152. The molecular weight excluding hydrogens is 416 g/mol. The number of aliphatic hydroxyl groups excluding tert-OH is 1. The van der Waals surface area contributed by atoms with Gasteiger partial charge in [-0.25, -0.2) is 4.79 Å². The van der Waals surface area contributed by atoms with E-state index in [0.29, 0.717) is 6.29 Å². The number of carboxylic acid groups (broad SMARTS) is 1. The molecule has 3 rings (SSSR count). The number of hydrogen-bond acceptors (Lipinski definition) is 8. The Bertz CT molecular complexity index is 960. The van der Waals surface area contributed by atoms with Crippen LogP contribution in [0.5, 0.6) is 0 Å². The van der Waals surface area contributed by atoms with Crippen molar-refractivity contribution in [2.75, 3.05) is 12.4 Å². The summed E-state index contributed by atoms with van der Waals surface area (Å²) >= 11 is 1.20. The molecule has 3 N–H and O–H groups in total. The number of rotatable bonds is 7. The van der Waals surface area contributed by atoms with Crippen molar-refractivity contribution in [1.29, 1.82) is 0 Å². The van der Waals surface area contributed by atoms with Crippen LogP contribution >= 0.6 is 11.8 Å². The molecule has 2 unspecified atom stereocenters. The Morgan fingerprint density at radius 3 is 2.70 bits per heavy atom. The highest BCUT2D eigenvalue weighted by Crippen LogP contribution is 2.40. The van der Waals surface area contributed by atoms with Gasteiger partial charge in [0.25, 0.3) is 11.8 Å². The number of esters is 1. The fourth-order valence-corrected chi connectivity index (χ4v) is 4.55. The Hall–Kier alpha value is -3.18. The summed E-state index contributed by atoms with van der Waals surface area (Å²) in [6, 6.07) is 4.97. The van der Waals surface area contributed by atoms with E-state index >= 15 is 0 Å². The van der Waals surface area contributed by atoms with Crippen molar-refractivity contribution in [2.24, 2.45) is 0 Å². The summed E-state index contributed by atoms with van der Waals surface area (Å²) in [5, 5.41) is 21.6. The molecule has 1 fully saturated rings. The molecule has 0 aliphatic carbocycles. The van der Waals surface area contributed by atoms with Gasteiger partial charge in [0.1, 0.15) is 30.0 Å². The van der Waals surface area contributed by atoms with Crippen molar-refractivity contribution in [3.05, 3.63) is 46.7 Å². The van der Waals surface area contributed by atoms with Gasteiger partial charge in [0, 0.05) is 29.4 Å². The van der Waals surface area contributed by atoms with Crippen LogP contribution in [0.3, 0.4) is 0 Å². The van der Waals surface area contributed by atoms with Crippen LogP contribution in [-0.2, 0) is 23.9 Å². The molecule has 11 heteroatoms. The van der Waals surface area contributed by atoms with E-state index in [1.807, 2.05) is 0 Å². The summed E-state index contributed by atoms with van der Waals surface area (Å²) in [5.74, 6) is -3.28. The summed E-state index contributed by atoms with van der Waals surface area (Å²) in [7, 11) is 0. The van der Waals surface area contributed by atoms with Gasteiger partial charge in [-0.3, -0.25) is 24.1 Å². The number of fused-ring (bicyclic) bond motifs is 1. The normalized spacial score (nSPS) is 21.3. The highest BCUT2D eigenvalue weighted by Gasteiger charge is 2.54. The molecule has 0 spiro atoms. The molecule has 1 saturated heterocycles. The van der Waals surface area contributed by atoms with E-state index in [1.54, 1.807) is 12.1 Å². The number of nitrogens with zero attached hydrogens (tertiary/aromatic N) is 1. The minimum absolute atomic E-state index is 0.0970. The SMILES string of the molecule is CC(=O)OCC1=C(C(=O)O)N2C(=O)C(NC(=O)C(O)c3ccccc3C=O)[C@@H]2SC1. The Kier molecular flexibility index (Phi) is 6.22. The van der Waals surface area contributed by atoms with Crippen LogP contribution in [0.4, 0.5) is 0 Å². The maximum Gasteiger partial charge on any atom is 0.352 e. The standard InChI is InChI=1S/C19H18N2O8S/c1-9(23)29-7-11-8-30-18-13(17(26)21(18)14(11)19(27)28)20-16(25)15(24)12-5-3-2-4-10(12)6-22/h2-6,13,15,18,24H,7-8H2,1H3,(H,20,25)(H,27,28)/t13?,15?,18-/m0/s1. The second-order valence-electron chi connectivity index (χ2n) is 6.58. The summed E-state index contributed by atoms with van der Waals surface area (Å²) in [6.45, 7) is 0.937. The van der Waals surface area contributed by atoms with E-state index in [4.69, 9.17) is 4.74 Å². The minimum atomic E-state index is -1.67. The number of carbonyl (C=O) groups is 5. The van der Waals surface area contributed by atoms with Gasteiger partial charge in [-0.15, -0.1) is 11.8 Å². The number of β-lactam (4-membered cyclic amide) rings is 1. The van der Waals surface area contributed by atoms with Gasteiger partial charge < -0.3 is 20.3 Å². The summed E-state index contributed by atoms with van der Waals surface area (Å²) in [6.07, 6.45) is -1.16. The van der Waals surface area contributed by atoms with Gasteiger partial charge in [0.15, 0.2) is 6.10 Å². The summed E-state index contributed by atoms with van der Waals surface area (Å²) in [5.41, 5.74) is 0.235. The Morgan fingerprint density at radius 1 is 1.37 bits per heavy atom. The number of hydrogen-bond donors (Lipinski definition) is 3. The highest BCUT2D eigenvalue weighted by atomic mass is 32.2. The molecule has 2 aliphatic rings. The average Bonchev–Trinajstić information content (AvgIpc) is 2.74. The van der Waals surface area contributed by atoms with Crippen LogP contribution in [0, 0.1) is 0 Å². The van der Waals surface area contributed by atoms with Crippen LogP contribution in [0.1, 0.15) is 28.9 Å². The number of ether oxygens (including phenoxy) is 1. The van der Waals surface area contributed by atoms with E-state index < -0.39 is 41.3 Å². The van der Waals surface area contributed by atoms with Crippen molar-refractivity contribution in [2.45, 2.75) is 24.4 Å². The minimum Gasteiger partial charge on any atom is -0.477 e. The van der Waals surface area contributed by atoms with Gasteiger partial charge in [-0.1, -0.05) is 24.3 Å². The third kappa shape index (κ3) is 3.94. The number of aldehydes is 1. The molecule has 0 bridgehead atoms.